The number of hydrazine groups is 6. The standard InChI is InChI=1S/C3H6N8O5/c4-10(8-1(12)6-8)15-3(14)16-11(5)9-2(13)7-9/h4-5H2,(H,6,12)(H,7,13). The van der Waals surface area contributed by atoms with Gasteiger partial charge in [-0.05, 0) is 0 Å². The number of rotatable bonds is 4. The molecule has 16 heavy (non-hydrogen) atoms. The quantitative estimate of drug-likeness (QED) is 0.224. The second-order valence-electron chi connectivity index (χ2n) is 2.50. The van der Waals surface area contributed by atoms with Crippen LogP contribution in [0.3, 0.4) is 0 Å². The first-order chi connectivity index (χ1) is 7.49. The van der Waals surface area contributed by atoms with Crippen LogP contribution < -0.4 is 22.5 Å². The molecule has 88 valence electrons. The molecule has 6 N–H and O–H groups in total. The van der Waals surface area contributed by atoms with Gasteiger partial charge in [0.2, 0.25) is 0 Å². The summed E-state index contributed by atoms with van der Waals surface area (Å²) in [6, 6.07) is -1.13. The summed E-state index contributed by atoms with van der Waals surface area (Å²) in [5, 5.41) is 1.91. The highest BCUT2D eigenvalue weighted by molar-refractivity contribution is 5.85. The van der Waals surface area contributed by atoms with E-state index in [-0.39, 0.29) is 10.6 Å². The van der Waals surface area contributed by atoms with E-state index < -0.39 is 18.2 Å². The lowest BCUT2D eigenvalue weighted by Gasteiger charge is -2.15. The third-order valence-electron chi connectivity index (χ3n) is 1.42. The van der Waals surface area contributed by atoms with Gasteiger partial charge >= 0.3 is 18.2 Å². The molecular formula is C3H6N8O5. The van der Waals surface area contributed by atoms with E-state index >= 15 is 0 Å². The summed E-state index contributed by atoms with van der Waals surface area (Å²) in [6.45, 7) is 0. The van der Waals surface area contributed by atoms with Gasteiger partial charge in [-0.15, -0.1) is 10.2 Å². The predicted molar refractivity (Wildman–Crippen MR) is 40.4 cm³/mol. The number of hydrogen-bond donors (Lipinski definition) is 4. The summed E-state index contributed by atoms with van der Waals surface area (Å²) in [5.41, 5.74) is 4.15. The Morgan fingerprint density at radius 3 is 1.62 bits per heavy atom. The second kappa shape index (κ2) is 3.35. The average Bonchev–Trinajstić information content (AvgIpc) is 3.04. The van der Waals surface area contributed by atoms with E-state index in [1.807, 2.05) is 0 Å². The first kappa shape index (κ1) is 10.2. The number of urea groups is 2. The highest BCUT2D eigenvalue weighted by Crippen LogP contribution is 2.06. The number of carbonyl (C=O) groups is 3. The van der Waals surface area contributed by atoms with Gasteiger partial charge < -0.3 is 0 Å². The van der Waals surface area contributed by atoms with E-state index in [0.717, 1.165) is 0 Å². The zero-order valence-electron chi connectivity index (χ0n) is 7.48. The minimum absolute atomic E-state index is 0.288. The van der Waals surface area contributed by atoms with Crippen molar-refractivity contribution in [2.75, 3.05) is 0 Å². The molecule has 13 nitrogen and oxygen atoms in total. The molecule has 0 atom stereocenters. The Hall–Kier alpha value is -2.35. The number of amides is 4. The van der Waals surface area contributed by atoms with E-state index in [0.29, 0.717) is 10.2 Å². The molecule has 0 saturated carbocycles. The largest absolute Gasteiger partial charge is 0.553 e. The maximum atomic E-state index is 10.9. The number of nitrogens with one attached hydrogen (secondary N) is 2. The van der Waals surface area contributed by atoms with Crippen LogP contribution in [0.25, 0.3) is 0 Å². The van der Waals surface area contributed by atoms with Crippen molar-refractivity contribution < 1.29 is 24.1 Å². The first-order valence-electron chi connectivity index (χ1n) is 3.70. The van der Waals surface area contributed by atoms with Crippen LogP contribution in [0.4, 0.5) is 14.4 Å². The zero-order chi connectivity index (χ0) is 11.9. The first-order valence-corrected chi connectivity index (χ1v) is 3.70. The van der Waals surface area contributed by atoms with Gasteiger partial charge in [0.15, 0.2) is 0 Å². The van der Waals surface area contributed by atoms with E-state index in [9.17, 15) is 14.4 Å². The van der Waals surface area contributed by atoms with E-state index in [2.05, 4.69) is 20.5 Å². The van der Waals surface area contributed by atoms with Gasteiger partial charge in [-0.3, -0.25) is 9.68 Å². The molecule has 0 aromatic rings. The topological polar surface area (TPSA) is 178 Å². The Morgan fingerprint density at radius 2 is 1.38 bits per heavy atom. The fourth-order valence-corrected chi connectivity index (χ4v) is 0.660. The molecule has 2 heterocycles. The predicted octanol–water partition coefficient (Wildman–Crippen LogP) is -2.97. The van der Waals surface area contributed by atoms with Crippen LogP contribution in [0, 0.1) is 0 Å². The zero-order valence-corrected chi connectivity index (χ0v) is 7.48. The molecule has 0 aromatic carbocycles. The molecule has 2 aliphatic rings. The number of nitrogens with two attached hydrogens (primary N) is 2. The van der Waals surface area contributed by atoms with Gasteiger partial charge in [0, 0.05) is 0 Å². The maximum Gasteiger partial charge on any atom is 0.553 e. The Balaban J connectivity index is 1.71. The number of carbonyl (C=O) groups excluding carboxylic acids is 3. The Morgan fingerprint density at radius 1 is 1.06 bits per heavy atom. The van der Waals surface area contributed by atoms with Crippen molar-refractivity contribution in [3.63, 3.8) is 0 Å². The summed E-state index contributed by atoms with van der Waals surface area (Å²) in [5.74, 6) is 10.1. The fourth-order valence-electron chi connectivity index (χ4n) is 0.660. The highest BCUT2D eigenvalue weighted by Gasteiger charge is 2.40. The normalized spacial score (nSPS) is 17.2. The monoisotopic (exact) mass is 234 g/mol. The van der Waals surface area contributed by atoms with E-state index in [1.165, 1.54) is 0 Å². The molecule has 2 fully saturated rings. The van der Waals surface area contributed by atoms with Crippen LogP contribution in [-0.2, 0) is 9.68 Å². The van der Waals surface area contributed by atoms with Crippen molar-refractivity contribution in [3.8, 4) is 0 Å². The Labute approximate surface area is 86.7 Å². The summed E-state index contributed by atoms with van der Waals surface area (Å²) < 4.78 is 0. The lowest BCUT2D eigenvalue weighted by atomic mass is 11.3. The van der Waals surface area contributed by atoms with Crippen molar-refractivity contribution in [1.29, 1.82) is 0 Å². The molecule has 13 heteroatoms. The van der Waals surface area contributed by atoms with Crippen molar-refractivity contribution in [3.05, 3.63) is 0 Å². The molecule has 2 rings (SSSR count). The molecule has 2 saturated heterocycles. The summed E-state index contributed by atoms with van der Waals surface area (Å²) in [7, 11) is 0. The van der Waals surface area contributed by atoms with Crippen LogP contribution >= 0.6 is 0 Å². The second-order valence-corrected chi connectivity index (χ2v) is 2.50. The molecule has 0 spiro atoms. The smallest absolute Gasteiger partial charge is 0.296 e. The van der Waals surface area contributed by atoms with Gasteiger partial charge in [-0.1, -0.05) is 0 Å². The molecule has 0 radical (unpaired) electrons. The summed E-state index contributed by atoms with van der Waals surface area (Å²) >= 11 is 0. The lowest BCUT2D eigenvalue weighted by Crippen LogP contribution is -2.45. The molecule has 0 aromatic heterocycles. The average molecular weight is 234 g/mol. The molecular weight excluding hydrogens is 228 g/mol. The molecule has 4 amide bonds. The van der Waals surface area contributed by atoms with E-state index in [4.69, 9.17) is 11.7 Å². The number of hydrogen-bond acceptors (Lipinski definition) is 9. The summed E-state index contributed by atoms with van der Waals surface area (Å²) in [6.07, 6.45) is -1.35. The van der Waals surface area contributed by atoms with Gasteiger partial charge in [-0.25, -0.2) is 32.1 Å². The molecule has 2 aliphatic heterocycles. The van der Waals surface area contributed by atoms with Crippen LogP contribution in [0.1, 0.15) is 0 Å². The third kappa shape index (κ3) is 2.01. The van der Waals surface area contributed by atoms with Crippen LogP contribution in [0.2, 0.25) is 0 Å². The third-order valence-corrected chi connectivity index (χ3v) is 1.42. The lowest BCUT2D eigenvalue weighted by molar-refractivity contribution is -0.269. The van der Waals surface area contributed by atoms with Crippen molar-refractivity contribution in [1.82, 2.24) is 31.6 Å². The van der Waals surface area contributed by atoms with Crippen LogP contribution in [-0.4, -0.2) is 39.0 Å². The Bertz CT molecular complexity index is 326. The van der Waals surface area contributed by atoms with Crippen LogP contribution in [0.5, 0.6) is 0 Å². The van der Waals surface area contributed by atoms with Crippen molar-refractivity contribution in [2.45, 2.75) is 0 Å². The molecule has 0 bridgehead atoms. The fraction of sp³-hybridized carbons (Fsp3) is 0. The maximum absolute atomic E-state index is 10.9. The van der Waals surface area contributed by atoms with E-state index in [1.54, 1.807) is 0 Å². The number of nitrogens with zero attached hydrogens (tertiary/aromatic N) is 4. The van der Waals surface area contributed by atoms with Gasteiger partial charge in [0.25, 0.3) is 0 Å². The minimum atomic E-state index is -1.35. The molecule has 0 unspecified atom stereocenters. The van der Waals surface area contributed by atoms with Crippen molar-refractivity contribution >= 4 is 18.2 Å². The van der Waals surface area contributed by atoms with Crippen LogP contribution in [0.15, 0.2) is 0 Å². The van der Waals surface area contributed by atoms with Crippen molar-refractivity contribution in [2.24, 2.45) is 11.7 Å². The minimum Gasteiger partial charge on any atom is -0.296 e. The Kier molecular flexibility index (Phi) is 2.13. The molecule has 0 aliphatic carbocycles. The van der Waals surface area contributed by atoms with Gasteiger partial charge in [0.05, 0.1) is 10.6 Å². The summed E-state index contributed by atoms with van der Waals surface area (Å²) in [4.78, 5) is 40.3. The van der Waals surface area contributed by atoms with Gasteiger partial charge in [0.1, 0.15) is 0 Å². The SMILES string of the molecule is NN(OC(=O)ON(N)N1NC1=O)N1NC1=O. The highest BCUT2D eigenvalue weighted by atomic mass is 16.9. The van der Waals surface area contributed by atoms with Gasteiger partial charge in [-0.2, -0.15) is 4.79 Å².